The van der Waals surface area contributed by atoms with Crippen molar-refractivity contribution in [3.05, 3.63) is 11.5 Å². The Morgan fingerprint density at radius 2 is 2.11 bits per heavy atom. The summed E-state index contributed by atoms with van der Waals surface area (Å²) in [6.45, 7) is 5.76. The molecule has 6 heteroatoms. The van der Waals surface area contributed by atoms with E-state index in [4.69, 9.17) is 10.5 Å². The highest BCUT2D eigenvalue weighted by Crippen LogP contribution is 2.16. The van der Waals surface area contributed by atoms with E-state index in [0.29, 0.717) is 12.4 Å². The van der Waals surface area contributed by atoms with Crippen LogP contribution in [0.3, 0.4) is 0 Å². The number of ether oxygens (including phenoxy) is 1. The Labute approximate surface area is 114 Å². The van der Waals surface area contributed by atoms with Gasteiger partial charge in [0, 0.05) is 6.54 Å². The van der Waals surface area contributed by atoms with Gasteiger partial charge in [-0.05, 0) is 47.3 Å². The molecule has 2 N–H and O–H groups in total. The molecule has 0 fully saturated rings. The van der Waals surface area contributed by atoms with E-state index in [1.54, 1.807) is 6.92 Å². The van der Waals surface area contributed by atoms with Gasteiger partial charge in [-0.2, -0.15) is 0 Å². The molecular formula is C13H24N4O2. The number of hydrogen-bond acceptors (Lipinski definition) is 5. The van der Waals surface area contributed by atoms with Crippen LogP contribution in [0.5, 0.6) is 0 Å². The molecule has 0 amide bonds. The number of nitrogens with zero attached hydrogens (tertiary/aromatic N) is 3. The van der Waals surface area contributed by atoms with Crippen molar-refractivity contribution in [3.63, 3.8) is 0 Å². The van der Waals surface area contributed by atoms with Gasteiger partial charge in [-0.1, -0.05) is 0 Å². The molecular weight excluding hydrogens is 244 g/mol. The molecule has 0 bridgehead atoms. The number of aromatic nitrogens is 2. The average molecular weight is 268 g/mol. The van der Waals surface area contributed by atoms with Crippen LogP contribution in [0.2, 0.25) is 0 Å². The fraction of sp³-hybridized carbons (Fsp3) is 0.692. The molecule has 0 aliphatic rings. The van der Waals surface area contributed by atoms with Crippen LogP contribution in [0.4, 0.5) is 5.82 Å². The predicted molar refractivity (Wildman–Crippen MR) is 75.1 cm³/mol. The van der Waals surface area contributed by atoms with Crippen LogP contribution in [0.25, 0.3) is 0 Å². The zero-order chi connectivity index (χ0) is 14.4. The number of carbonyl (C=O) groups is 1. The summed E-state index contributed by atoms with van der Waals surface area (Å²) in [5.74, 6) is 0.710. The second kappa shape index (κ2) is 7.13. The molecule has 19 heavy (non-hydrogen) atoms. The lowest BCUT2D eigenvalue weighted by Crippen LogP contribution is -2.14. The Kier molecular flexibility index (Phi) is 5.82. The van der Waals surface area contributed by atoms with Crippen molar-refractivity contribution in [2.75, 3.05) is 33.0 Å². The molecule has 0 aliphatic heterocycles. The Hall–Kier alpha value is -1.56. The molecule has 1 rings (SSSR count). The minimum atomic E-state index is -0.449. The second-order valence-electron chi connectivity index (χ2n) is 4.78. The van der Waals surface area contributed by atoms with Gasteiger partial charge in [0.2, 0.25) is 0 Å². The first-order valence-corrected chi connectivity index (χ1v) is 6.61. The lowest BCUT2D eigenvalue weighted by Gasteiger charge is -2.10. The number of aryl methyl sites for hydroxylation is 1. The van der Waals surface area contributed by atoms with Gasteiger partial charge in [-0.25, -0.2) is 9.78 Å². The van der Waals surface area contributed by atoms with Crippen molar-refractivity contribution in [1.82, 2.24) is 14.5 Å². The first-order chi connectivity index (χ1) is 8.97. The number of hydrogen-bond donors (Lipinski definition) is 1. The molecule has 0 saturated heterocycles. The molecule has 108 valence electrons. The number of esters is 1. The van der Waals surface area contributed by atoms with E-state index in [2.05, 4.69) is 24.0 Å². The Bertz CT molecular complexity index is 427. The summed E-state index contributed by atoms with van der Waals surface area (Å²) in [7, 11) is 4.10. The summed E-state index contributed by atoms with van der Waals surface area (Å²) in [5, 5.41) is 0. The Morgan fingerprint density at radius 1 is 1.42 bits per heavy atom. The maximum atomic E-state index is 11.7. The highest BCUT2D eigenvalue weighted by atomic mass is 16.5. The topological polar surface area (TPSA) is 73.4 Å². The third-order valence-corrected chi connectivity index (χ3v) is 2.90. The molecule has 0 aliphatic carbocycles. The van der Waals surface area contributed by atoms with Gasteiger partial charge >= 0.3 is 5.97 Å². The molecule has 0 spiro atoms. The van der Waals surface area contributed by atoms with E-state index < -0.39 is 5.97 Å². The van der Waals surface area contributed by atoms with Crippen molar-refractivity contribution in [3.8, 4) is 0 Å². The number of imidazole rings is 1. The van der Waals surface area contributed by atoms with Gasteiger partial charge in [0.1, 0.15) is 11.6 Å². The summed E-state index contributed by atoms with van der Waals surface area (Å²) < 4.78 is 6.81. The largest absolute Gasteiger partial charge is 0.461 e. The molecule has 0 radical (unpaired) electrons. The second-order valence-corrected chi connectivity index (χ2v) is 4.78. The first-order valence-electron chi connectivity index (χ1n) is 6.61. The van der Waals surface area contributed by atoms with Gasteiger partial charge in [-0.15, -0.1) is 0 Å². The van der Waals surface area contributed by atoms with Crippen LogP contribution in [0.15, 0.2) is 0 Å². The monoisotopic (exact) mass is 268 g/mol. The normalized spacial score (nSPS) is 11.0. The van der Waals surface area contributed by atoms with Crippen molar-refractivity contribution < 1.29 is 9.53 Å². The van der Waals surface area contributed by atoms with Gasteiger partial charge in [0.25, 0.3) is 0 Å². The maximum absolute atomic E-state index is 11.7. The molecule has 0 saturated carbocycles. The van der Waals surface area contributed by atoms with E-state index in [9.17, 15) is 4.79 Å². The molecule has 6 nitrogen and oxygen atoms in total. The molecule has 0 atom stereocenters. The van der Waals surface area contributed by atoms with Crippen molar-refractivity contribution >= 4 is 11.8 Å². The average Bonchev–Trinajstić information content (AvgIpc) is 2.61. The summed E-state index contributed by atoms with van der Waals surface area (Å²) in [6, 6.07) is 0. The fourth-order valence-electron chi connectivity index (χ4n) is 1.91. The van der Waals surface area contributed by atoms with Gasteiger partial charge in [-0.3, -0.25) is 0 Å². The Balaban J connectivity index is 2.66. The Morgan fingerprint density at radius 3 is 2.68 bits per heavy atom. The van der Waals surface area contributed by atoms with Gasteiger partial charge in [0.15, 0.2) is 5.69 Å². The lowest BCUT2D eigenvalue weighted by molar-refractivity contribution is 0.0521. The van der Waals surface area contributed by atoms with E-state index >= 15 is 0 Å². The fourth-order valence-corrected chi connectivity index (χ4v) is 1.91. The minimum absolute atomic E-state index is 0.229. The smallest absolute Gasteiger partial charge is 0.360 e. The lowest BCUT2D eigenvalue weighted by atomic mass is 10.3. The van der Waals surface area contributed by atoms with E-state index in [1.165, 1.54) is 0 Å². The molecule has 0 aromatic carbocycles. The maximum Gasteiger partial charge on any atom is 0.360 e. The van der Waals surface area contributed by atoms with Crippen LogP contribution in [-0.4, -0.2) is 47.7 Å². The first kappa shape index (κ1) is 15.5. The zero-order valence-corrected chi connectivity index (χ0v) is 12.3. The van der Waals surface area contributed by atoms with E-state index in [-0.39, 0.29) is 5.69 Å². The van der Waals surface area contributed by atoms with Crippen LogP contribution in [-0.2, 0) is 11.3 Å². The number of rotatable bonds is 7. The quantitative estimate of drug-likeness (QED) is 0.596. The van der Waals surface area contributed by atoms with E-state index in [0.717, 1.165) is 31.8 Å². The zero-order valence-electron chi connectivity index (χ0n) is 12.3. The molecule has 1 heterocycles. The van der Waals surface area contributed by atoms with Crippen LogP contribution in [0, 0.1) is 6.92 Å². The van der Waals surface area contributed by atoms with Gasteiger partial charge in [0.05, 0.1) is 6.61 Å². The molecule has 1 aromatic rings. The number of anilines is 1. The number of carbonyl (C=O) groups excluding carboxylic acids is 1. The minimum Gasteiger partial charge on any atom is -0.461 e. The number of unbranched alkanes of at least 4 members (excludes halogenated alkanes) is 1. The van der Waals surface area contributed by atoms with Crippen LogP contribution >= 0.6 is 0 Å². The third-order valence-electron chi connectivity index (χ3n) is 2.90. The summed E-state index contributed by atoms with van der Waals surface area (Å²) in [5.41, 5.74) is 6.20. The molecule has 1 aromatic heterocycles. The van der Waals surface area contributed by atoms with Crippen molar-refractivity contribution in [2.45, 2.75) is 33.2 Å². The highest BCUT2D eigenvalue weighted by Gasteiger charge is 2.19. The van der Waals surface area contributed by atoms with E-state index in [1.807, 2.05) is 11.5 Å². The van der Waals surface area contributed by atoms with Gasteiger partial charge < -0.3 is 19.9 Å². The van der Waals surface area contributed by atoms with Crippen LogP contribution < -0.4 is 5.73 Å². The molecule has 0 unspecified atom stereocenters. The van der Waals surface area contributed by atoms with Crippen molar-refractivity contribution in [1.29, 1.82) is 0 Å². The van der Waals surface area contributed by atoms with Crippen molar-refractivity contribution in [2.24, 2.45) is 0 Å². The summed E-state index contributed by atoms with van der Waals surface area (Å²) in [4.78, 5) is 18.0. The third kappa shape index (κ3) is 4.24. The highest BCUT2D eigenvalue weighted by molar-refractivity contribution is 5.92. The predicted octanol–water partition coefficient (Wildman–Crippen LogP) is 1.29. The number of nitrogen functional groups attached to an aromatic ring is 1. The number of nitrogens with two attached hydrogens (primary N) is 1. The van der Waals surface area contributed by atoms with Crippen LogP contribution in [0.1, 0.15) is 36.1 Å². The summed E-state index contributed by atoms with van der Waals surface area (Å²) >= 11 is 0. The standard InChI is InChI=1S/C13H24N4O2/c1-5-19-13(18)11-12(14)17(10(2)15-11)9-7-6-8-16(3)4/h5-9,14H2,1-4H3. The SMILES string of the molecule is CCOC(=O)c1nc(C)n(CCCCN(C)C)c1N. The summed E-state index contributed by atoms with van der Waals surface area (Å²) in [6.07, 6.45) is 2.08.